The fraction of sp³-hybridized carbons (Fsp3) is 0.643. The molecule has 4 heteroatoms. The summed E-state index contributed by atoms with van der Waals surface area (Å²) in [7, 11) is 0. The molecule has 18 heavy (non-hydrogen) atoms. The van der Waals surface area contributed by atoms with Gasteiger partial charge < -0.3 is 14.6 Å². The first-order chi connectivity index (χ1) is 8.63. The molecule has 1 aliphatic carbocycles. The fourth-order valence-corrected chi connectivity index (χ4v) is 2.84. The van der Waals surface area contributed by atoms with Gasteiger partial charge in [-0.1, -0.05) is 13.3 Å². The smallest absolute Gasteiger partial charge is 0.270 e. The molecule has 2 fully saturated rings. The van der Waals surface area contributed by atoms with E-state index in [9.17, 15) is 9.90 Å². The summed E-state index contributed by atoms with van der Waals surface area (Å²) < 4.78 is 2.08. The second-order valence-corrected chi connectivity index (χ2v) is 5.67. The third kappa shape index (κ3) is 1.94. The van der Waals surface area contributed by atoms with Crippen molar-refractivity contribution in [1.29, 1.82) is 0 Å². The van der Waals surface area contributed by atoms with Crippen LogP contribution in [-0.4, -0.2) is 39.2 Å². The summed E-state index contributed by atoms with van der Waals surface area (Å²) in [6, 6.07) is 4.34. The summed E-state index contributed by atoms with van der Waals surface area (Å²) in [5.41, 5.74) is 0.137. The highest BCUT2D eigenvalue weighted by molar-refractivity contribution is 5.93. The molecule has 1 N–H and O–H groups in total. The molecule has 0 atom stereocenters. The Hall–Kier alpha value is -1.29. The molecule has 1 aromatic heterocycles. The van der Waals surface area contributed by atoms with Crippen molar-refractivity contribution < 1.29 is 9.90 Å². The van der Waals surface area contributed by atoms with Crippen LogP contribution in [0.3, 0.4) is 0 Å². The zero-order valence-corrected chi connectivity index (χ0v) is 10.8. The first-order valence-electron chi connectivity index (χ1n) is 6.81. The zero-order valence-electron chi connectivity index (χ0n) is 10.8. The van der Waals surface area contributed by atoms with Gasteiger partial charge in [-0.25, -0.2) is 0 Å². The van der Waals surface area contributed by atoms with Crippen molar-refractivity contribution in [2.45, 2.75) is 44.2 Å². The van der Waals surface area contributed by atoms with Crippen LogP contribution in [-0.2, 0) is 0 Å². The minimum absolute atomic E-state index is 0.0627. The largest absolute Gasteiger partial charge is 0.386 e. The summed E-state index contributed by atoms with van der Waals surface area (Å²) in [5, 5.41) is 10.1. The van der Waals surface area contributed by atoms with E-state index >= 15 is 0 Å². The van der Waals surface area contributed by atoms with Crippen molar-refractivity contribution in [3.8, 4) is 0 Å². The maximum Gasteiger partial charge on any atom is 0.270 e. The standard InChI is InChI=1S/C14H20N2O2/c1-2-7-14(18)9-15(10-14)13(17)12-4-3-8-16(12)11-5-6-11/h3-4,8,11,18H,2,5-7,9-10H2,1H3. The molecule has 0 radical (unpaired) electrons. The third-order valence-electron chi connectivity index (χ3n) is 3.91. The number of aliphatic hydroxyl groups is 1. The Labute approximate surface area is 107 Å². The predicted octanol–water partition coefficient (Wildman–Crippen LogP) is 1.81. The van der Waals surface area contributed by atoms with Gasteiger partial charge in [-0.3, -0.25) is 4.79 Å². The topological polar surface area (TPSA) is 45.5 Å². The fourth-order valence-electron chi connectivity index (χ4n) is 2.84. The highest BCUT2D eigenvalue weighted by Gasteiger charge is 2.43. The number of amides is 1. The predicted molar refractivity (Wildman–Crippen MR) is 68.5 cm³/mol. The first kappa shape index (κ1) is 11.8. The molecule has 3 rings (SSSR count). The lowest BCUT2D eigenvalue weighted by atomic mass is 9.89. The number of β-amino-alcohol motifs (C(OH)–C–C–N with tert-alkyl or cyclic N) is 1. The molecule has 98 valence electrons. The van der Waals surface area contributed by atoms with Crippen molar-refractivity contribution in [2.24, 2.45) is 0 Å². The Morgan fingerprint density at radius 3 is 2.83 bits per heavy atom. The number of rotatable bonds is 4. The van der Waals surface area contributed by atoms with Crippen LogP contribution >= 0.6 is 0 Å². The van der Waals surface area contributed by atoms with E-state index in [1.54, 1.807) is 4.90 Å². The van der Waals surface area contributed by atoms with Crippen LogP contribution in [0.2, 0.25) is 0 Å². The van der Waals surface area contributed by atoms with Crippen LogP contribution in [0, 0.1) is 0 Å². The van der Waals surface area contributed by atoms with E-state index in [2.05, 4.69) is 11.5 Å². The summed E-state index contributed by atoms with van der Waals surface area (Å²) in [5.74, 6) is 0.0627. The quantitative estimate of drug-likeness (QED) is 0.883. The molecule has 2 aliphatic rings. The van der Waals surface area contributed by atoms with Crippen molar-refractivity contribution >= 4 is 5.91 Å². The molecule has 0 aromatic carbocycles. The Kier molecular flexibility index (Phi) is 2.70. The van der Waals surface area contributed by atoms with Crippen molar-refractivity contribution in [2.75, 3.05) is 13.1 Å². The summed E-state index contributed by atoms with van der Waals surface area (Å²) in [4.78, 5) is 14.1. The lowest BCUT2D eigenvalue weighted by Crippen LogP contribution is -2.63. The lowest BCUT2D eigenvalue weighted by Gasteiger charge is -2.46. The van der Waals surface area contributed by atoms with Crippen molar-refractivity contribution in [1.82, 2.24) is 9.47 Å². The SMILES string of the molecule is CCCC1(O)CN(C(=O)c2cccn2C2CC2)C1. The number of carbonyl (C=O) groups is 1. The number of likely N-dealkylation sites (tertiary alicyclic amines) is 1. The Morgan fingerprint density at radius 1 is 1.50 bits per heavy atom. The molecule has 1 aromatic rings. The Bertz CT molecular complexity index is 456. The average molecular weight is 248 g/mol. The van der Waals surface area contributed by atoms with Gasteiger partial charge in [-0.2, -0.15) is 0 Å². The maximum absolute atomic E-state index is 12.3. The van der Waals surface area contributed by atoms with Gasteiger partial charge in [0.2, 0.25) is 0 Å². The minimum atomic E-state index is -0.637. The Morgan fingerprint density at radius 2 is 2.22 bits per heavy atom. The zero-order chi connectivity index (χ0) is 12.8. The molecule has 1 saturated heterocycles. The number of hydrogen-bond acceptors (Lipinski definition) is 2. The van der Waals surface area contributed by atoms with Crippen molar-refractivity contribution in [3.05, 3.63) is 24.0 Å². The van der Waals surface area contributed by atoms with Gasteiger partial charge in [0.05, 0.1) is 18.7 Å². The van der Waals surface area contributed by atoms with Crippen LogP contribution in [0.4, 0.5) is 0 Å². The second-order valence-electron chi connectivity index (χ2n) is 5.67. The maximum atomic E-state index is 12.3. The Balaban J connectivity index is 1.67. The van der Waals surface area contributed by atoms with Gasteiger partial charge in [-0.05, 0) is 31.4 Å². The number of aromatic nitrogens is 1. The highest BCUT2D eigenvalue weighted by Crippen LogP contribution is 2.37. The number of carbonyl (C=O) groups excluding carboxylic acids is 1. The van der Waals surface area contributed by atoms with E-state index in [1.165, 1.54) is 12.8 Å². The molecular formula is C14H20N2O2. The molecule has 0 spiro atoms. The van der Waals surface area contributed by atoms with Crippen molar-refractivity contribution in [3.63, 3.8) is 0 Å². The van der Waals surface area contributed by atoms with Crippen LogP contribution < -0.4 is 0 Å². The van der Waals surface area contributed by atoms with E-state index in [4.69, 9.17) is 0 Å². The summed E-state index contributed by atoms with van der Waals surface area (Å²) >= 11 is 0. The van der Waals surface area contributed by atoms with Gasteiger partial charge in [0.15, 0.2) is 0 Å². The van der Waals surface area contributed by atoms with E-state index in [0.717, 1.165) is 18.5 Å². The normalized spacial score (nSPS) is 21.8. The van der Waals surface area contributed by atoms with Crippen LogP contribution in [0.15, 0.2) is 18.3 Å². The van der Waals surface area contributed by atoms with Gasteiger partial charge in [0.25, 0.3) is 5.91 Å². The lowest BCUT2D eigenvalue weighted by molar-refractivity contribution is -0.0863. The molecular weight excluding hydrogens is 228 g/mol. The second kappa shape index (κ2) is 4.12. The van der Waals surface area contributed by atoms with Crippen LogP contribution in [0.5, 0.6) is 0 Å². The monoisotopic (exact) mass is 248 g/mol. The third-order valence-corrected chi connectivity index (χ3v) is 3.91. The van der Waals surface area contributed by atoms with E-state index < -0.39 is 5.60 Å². The first-order valence-corrected chi connectivity index (χ1v) is 6.81. The highest BCUT2D eigenvalue weighted by atomic mass is 16.3. The molecule has 2 heterocycles. The van der Waals surface area contributed by atoms with Gasteiger partial charge in [-0.15, -0.1) is 0 Å². The van der Waals surface area contributed by atoms with E-state index in [0.29, 0.717) is 19.1 Å². The summed E-state index contributed by atoms with van der Waals surface area (Å²) in [6.07, 6.45) is 6.07. The molecule has 1 aliphatic heterocycles. The number of nitrogens with zero attached hydrogens (tertiary/aromatic N) is 2. The van der Waals surface area contributed by atoms with Crippen LogP contribution in [0.25, 0.3) is 0 Å². The van der Waals surface area contributed by atoms with Gasteiger partial charge in [0.1, 0.15) is 5.69 Å². The molecule has 1 amide bonds. The average Bonchev–Trinajstić information content (AvgIpc) is 3.03. The minimum Gasteiger partial charge on any atom is -0.386 e. The van der Waals surface area contributed by atoms with E-state index in [-0.39, 0.29) is 5.91 Å². The molecule has 1 saturated carbocycles. The molecule has 0 unspecified atom stereocenters. The van der Waals surface area contributed by atoms with Gasteiger partial charge in [0, 0.05) is 12.2 Å². The van der Waals surface area contributed by atoms with E-state index in [1.807, 2.05) is 18.3 Å². The van der Waals surface area contributed by atoms with Gasteiger partial charge >= 0.3 is 0 Å². The summed E-state index contributed by atoms with van der Waals surface area (Å²) in [6.45, 7) is 3.02. The number of hydrogen-bond donors (Lipinski definition) is 1. The molecule has 4 nitrogen and oxygen atoms in total. The molecule has 0 bridgehead atoms. The van der Waals surface area contributed by atoms with Crippen LogP contribution in [0.1, 0.15) is 49.1 Å².